The summed E-state index contributed by atoms with van der Waals surface area (Å²) >= 11 is 11.2. The van der Waals surface area contributed by atoms with Gasteiger partial charge in [0, 0.05) is 51.8 Å². The van der Waals surface area contributed by atoms with Crippen molar-refractivity contribution in [3.8, 4) is 10.4 Å². The van der Waals surface area contributed by atoms with Gasteiger partial charge in [-0.05, 0) is 34.1 Å². The van der Waals surface area contributed by atoms with Crippen LogP contribution in [0, 0.1) is 0 Å². The van der Waals surface area contributed by atoms with Gasteiger partial charge in [0.15, 0.2) is 0 Å². The summed E-state index contributed by atoms with van der Waals surface area (Å²) in [5, 5.41) is 2.44. The second-order valence-corrected chi connectivity index (χ2v) is 7.71. The molecule has 23 heavy (non-hydrogen) atoms. The van der Waals surface area contributed by atoms with E-state index in [1.807, 2.05) is 11.4 Å². The van der Waals surface area contributed by atoms with E-state index < -0.39 is 5.92 Å². The number of hydrogen-bond donors (Lipinski definition) is 0. The Balaban J connectivity index is 1.79. The zero-order valence-electron chi connectivity index (χ0n) is 12.0. The van der Waals surface area contributed by atoms with Crippen LogP contribution in [0.2, 0.25) is 5.02 Å². The Hall–Kier alpha value is -0.980. The monoisotopic (exact) mass is 419 g/mol. The van der Waals surface area contributed by atoms with Gasteiger partial charge in [-0.15, -0.1) is 11.3 Å². The van der Waals surface area contributed by atoms with Crippen LogP contribution in [-0.4, -0.2) is 29.8 Å². The molecular weight excluding hydrogens is 408 g/mol. The molecule has 1 aromatic heterocycles. The molecular formula is C16H13BrClF2NOS. The Kier molecular flexibility index (Phi) is 4.76. The van der Waals surface area contributed by atoms with Gasteiger partial charge in [-0.1, -0.05) is 17.7 Å². The Morgan fingerprint density at radius 3 is 2.52 bits per heavy atom. The number of halogens is 4. The van der Waals surface area contributed by atoms with E-state index >= 15 is 0 Å². The molecule has 0 aliphatic carbocycles. The second-order valence-electron chi connectivity index (χ2n) is 5.47. The summed E-state index contributed by atoms with van der Waals surface area (Å²) < 4.78 is 27.4. The first kappa shape index (κ1) is 16.9. The molecule has 122 valence electrons. The van der Waals surface area contributed by atoms with Crippen molar-refractivity contribution in [3.63, 3.8) is 0 Å². The lowest BCUT2D eigenvalue weighted by Crippen LogP contribution is -2.42. The van der Waals surface area contributed by atoms with Crippen LogP contribution in [0.4, 0.5) is 8.78 Å². The molecule has 1 saturated heterocycles. The number of alkyl halides is 2. The topological polar surface area (TPSA) is 20.3 Å². The number of nitrogens with zero attached hydrogens (tertiary/aromatic N) is 1. The normalized spacial score (nSPS) is 17.3. The van der Waals surface area contributed by atoms with Gasteiger partial charge >= 0.3 is 0 Å². The number of carbonyl (C=O) groups excluding carboxylic acids is 1. The number of amides is 1. The molecule has 1 aliphatic heterocycles. The van der Waals surface area contributed by atoms with Crippen molar-refractivity contribution in [3.05, 3.63) is 44.7 Å². The van der Waals surface area contributed by atoms with E-state index in [1.54, 1.807) is 29.5 Å². The van der Waals surface area contributed by atoms with Crippen molar-refractivity contribution in [2.75, 3.05) is 13.1 Å². The van der Waals surface area contributed by atoms with Crippen molar-refractivity contribution in [2.24, 2.45) is 0 Å². The van der Waals surface area contributed by atoms with Crippen LogP contribution in [0.3, 0.4) is 0 Å². The fraction of sp³-hybridized carbons (Fsp3) is 0.312. The predicted molar refractivity (Wildman–Crippen MR) is 92.5 cm³/mol. The lowest BCUT2D eigenvalue weighted by molar-refractivity contribution is -0.0494. The third-order valence-corrected chi connectivity index (χ3v) is 5.87. The van der Waals surface area contributed by atoms with Gasteiger partial charge in [-0.3, -0.25) is 4.79 Å². The number of hydrogen-bond acceptors (Lipinski definition) is 2. The standard InChI is InChI=1S/C16H13BrClF2NOS/c17-11-8-14(23-9-11)12-2-1-10(7-13(12)18)15(22)21-5-3-16(19,20)4-6-21/h1-2,7-9H,3-6H2. The van der Waals surface area contributed by atoms with Gasteiger partial charge in [-0.2, -0.15) is 0 Å². The van der Waals surface area contributed by atoms with Gasteiger partial charge in [0.25, 0.3) is 11.8 Å². The molecule has 2 nitrogen and oxygen atoms in total. The second kappa shape index (κ2) is 6.49. The Morgan fingerprint density at radius 2 is 1.96 bits per heavy atom. The van der Waals surface area contributed by atoms with Crippen LogP contribution in [0.1, 0.15) is 23.2 Å². The maximum atomic E-state index is 13.2. The average Bonchev–Trinajstić information content (AvgIpc) is 2.92. The van der Waals surface area contributed by atoms with E-state index in [0.717, 1.165) is 14.9 Å². The van der Waals surface area contributed by atoms with Crippen molar-refractivity contribution >= 4 is 44.8 Å². The minimum absolute atomic E-state index is 0.0725. The smallest absolute Gasteiger partial charge is 0.253 e. The Labute approximate surface area is 150 Å². The highest BCUT2D eigenvalue weighted by Gasteiger charge is 2.35. The number of carbonyl (C=O) groups is 1. The molecule has 2 heterocycles. The van der Waals surface area contributed by atoms with Crippen molar-refractivity contribution in [1.29, 1.82) is 0 Å². The molecule has 0 N–H and O–H groups in total. The molecule has 1 amide bonds. The van der Waals surface area contributed by atoms with E-state index in [9.17, 15) is 13.6 Å². The molecule has 0 saturated carbocycles. The van der Waals surface area contributed by atoms with E-state index in [1.165, 1.54) is 4.90 Å². The minimum Gasteiger partial charge on any atom is -0.338 e. The number of piperidine rings is 1. The van der Waals surface area contributed by atoms with Crippen LogP contribution in [0.15, 0.2) is 34.1 Å². The third-order valence-electron chi connectivity index (χ3n) is 3.83. The molecule has 0 spiro atoms. The largest absolute Gasteiger partial charge is 0.338 e. The molecule has 0 atom stereocenters. The SMILES string of the molecule is O=C(c1ccc(-c2cc(Br)cs2)c(Cl)c1)N1CCC(F)(F)CC1. The first-order valence-corrected chi connectivity index (χ1v) is 9.12. The van der Waals surface area contributed by atoms with Gasteiger partial charge in [0.1, 0.15) is 0 Å². The first-order valence-electron chi connectivity index (χ1n) is 7.07. The van der Waals surface area contributed by atoms with E-state index in [4.69, 9.17) is 11.6 Å². The molecule has 2 aromatic rings. The number of thiophene rings is 1. The summed E-state index contributed by atoms with van der Waals surface area (Å²) in [5.74, 6) is -2.91. The van der Waals surface area contributed by atoms with Gasteiger partial charge in [-0.25, -0.2) is 8.78 Å². The molecule has 1 aromatic carbocycles. The number of benzene rings is 1. The van der Waals surface area contributed by atoms with Gasteiger partial charge in [0.2, 0.25) is 0 Å². The Morgan fingerprint density at radius 1 is 1.26 bits per heavy atom. The fourth-order valence-corrected chi connectivity index (χ4v) is 4.33. The van der Waals surface area contributed by atoms with Crippen LogP contribution < -0.4 is 0 Å². The molecule has 1 fully saturated rings. The fourth-order valence-electron chi connectivity index (χ4n) is 2.52. The maximum absolute atomic E-state index is 13.2. The average molecular weight is 421 g/mol. The summed E-state index contributed by atoms with van der Waals surface area (Å²) in [6.07, 6.45) is -0.568. The Bertz CT molecular complexity index is 739. The summed E-state index contributed by atoms with van der Waals surface area (Å²) in [6.45, 7) is 0.145. The lowest BCUT2D eigenvalue weighted by atomic mass is 10.0. The van der Waals surface area contributed by atoms with Crippen molar-refractivity contribution in [1.82, 2.24) is 4.90 Å². The van der Waals surface area contributed by atoms with Crippen molar-refractivity contribution < 1.29 is 13.6 Å². The predicted octanol–water partition coefficient (Wildman–Crippen LogP) is 5.70. The molecule has 0 unspecified atom stereocenters. The number of likely N-dealkylation sites (tertiary alicyclic amines) is 1. The van der Waals surface area contributed by atoms with Crippen LogP contribution >= 0.6 is 38.9 Å². The minimum atomic E-state index is -2.66. The summed E-state index contributed by atoms with van der Waals surface area (Å²) in [7, 11) is 0. The van der Waals surface area contributed by atoms with Gasteiger partial charge < -0.3 is 4.90 Å². The number of rotatable bonds is 2. The molecule has 3 rings (SSSR count). The quantitative estimate of drug-likeness (QED) is 0.610. The first-order chi connectivity index (χ1) is 10.9. The molecule has 7 heteroatoms. The van der Waals surface area contributed by atoms with Crippen LogP contribution in [0.5, 0.6) is 0 Å². The van der Waals surface area contributed by atoms with Crippen LogP contribution in [0.25, 0.3) is 10.4 Å². The third kappa shape index (κ3) is 3.75. The van der Waals surface area contributed by atoms with E-state index in [2.05, 4.69) is 15.9 Å². The lowest BCUT2D eigenvalue weighted by Gasteiger charge is -2.31. The summed E-state index contributed by atoms with van der Waals surface area (Å²) in [6, 6.07) is 7.07. The molecule has 0 radical (unpaired) electrons. The zero-order chi connectivity index (χ0) is 16.6. The molecule has 1 aliphatic rings. The van der Waals surface area contributed by atoms with E-state index in [0.29, 0.717) is 10.6 Å². The highest BCUT2D eigenvalue weighted by molar-refractivity contribution is 9.10. The summed E-state index contributed by atoms with van der Waals surface area (Å²) in [4.78, 5) is 14.9. The maximum Gasteiger partial charge on any atom is 0.253 e. The van der Waals surface area contributed by atoms with E-state index in [-0.39, 0.29) is 31.8 Å². The highest BCUT2D eigenvalue weighted by Crippen LogP contribution is 2.35. The van der Waals surface area contributed by atoms with Crippen molar-refractivity contribution in [2.45, 2.75) is 18.8 Å². The highest BCUT2D eigenvalue weighted by atomic mass is 79.9. The van der Waals surface area contributed by atoms with Gasteiger partial charge in [0.05, 0.1) is 5.02 Å². The summed E-state index contributed by atoms with van der Waals surface area (Å²) in [5.41, 5.74) is 1.28. The molecule has 0 bridgehead atoms. The zero-order valence-corrected chi connectivity index (χ0v) is 15.1. The van der Waals surface area contributed by atoms with Crippen LogP contribution in [-0.2, 0) is 0 Å².